The minimum absolute atomic E-state index is 0.237. The topological polar surface area (TPSA) is 44.1 Å². The van der Waals surface area contributed by atoms with Crippen LogP contribution < -0.4 is 0 Å². The summed E-state index contributed by atoms with van der Waals surface area (Å²) < 4.78 is 0. The zero-order valence-corrected chi connectivity index (χ0v) is 13.4. The fourth-order valence-electron chi connectivity index (χ4n) is 1.72. The highest BCUT2D eigenvalue weighted by Crippen LogP contribution is 2.15. The van der Waals surface area contributed by atoms with Crippen LogP contribution >= 0.6 is 12.6 Å². The van der Waals surface area contributed by atoms with E-state index in [0.29, 0.717) is 11.6 Å². The number of aliphatic hydroxyl groups excluding tert-OH is 1. The van der Waals surface area contributed by atoms with Crippen molar-refractivity contribution in [2.75, 3.05) is 6.61 Å². The number of aliphatic hydroxyl groups is 1. The summed E-state index contributed by atoms with van der Waals surface area (Å²) in [6, 6.07) is 0. The fourth-order valence-corrected chi connectivity index (χ4v) is 1.95. The van der Waals surface area contributed by atoms with Crippen LogP contribution in [-0.2, 0) is 0 Å². The van der Waals surface area contributed by atoms with Crippen LogP contribution in [-0.4, -0.2) is 17.4 Å². The molecule has 0 aromatic carbocycles. The lowest BCUT2D eigenvalue weighted by molar-refractivity contribution is 0.259. The summed E-state index contributed by atoms with van der Waals surface area (Å²) in [7, 11) is 0. The molecule has 0 heterocycles. The molecular weight excluding hydrogens is 254 g/mol. The lowest BCUT2D eigenvalue weighted by Crippen LogP contribution is -2.04. The second kappa shape index (κ2) is 10.0. The van der Waals surface area contributed by atoms with Crippen LogP contribution in [0.4, 0.5) is 0 Å². The molecule has 0 rings (SSSR count). The highest BCUT2D eigenvalue weighted by molar-refractivity contribution is 7.83. The maximum Gasteiger partial charge on any atom is 0.0433 e. The zero-order valence-electron chi connectivity index (χ0n) is 12.5. The minimum Gasteiger partial charge on any atom is -0.396 e. The molecule has 2 N–H and O–H groups in total. The Morgan fingerprint density at radius 3 is 2.37 bits per heavy atom. The number of allylic oxidation sites excluding steroid dienone is 5. The summed E-state index contributed by atoms with van der Waals surface area (Å²) >= 11 is 4.06. The average Bonchev–Trinajstić information content (AvgIpc) is 2.36. The van der Waals surface area contributed by atoms with Gasteiger partial charge in [-0.25, -0.2) is 0 Å². The molecule has 0 aliphatic heterocycles. The highest BCUT2D eigenvalue weighted by atomic mass is 32.1. The van der Waals surface area contributed by atoms with Crippen molar-refractivity contribution >= 4 is 18.3 Å². The maximum absolute atomic E-state index is 8.86. The first-order valence-electron chi connectivity index (χ1n) is 6.77. The molecule has 0 aliphatic rings. The van der Waals surface area contributed by atoms with E-state index in [-0.39, 0.29) is 6.61 Å². The molecule has 0 amide bonds. The van der Waals surface area contributed by atoms with Gasteiger partial charge in [0.2, 0.25) is 0 Å². The van der Waals surface area contributed by atoms with E-state index < -0.39 is 0 Å². The van der Waals surface area contributed by atoms with Gasteiger partial charge in [0.1, 0.15) is 0 Å². The predicted molar refractivity (Wildman–Crippen MR) is 88.1 cm³/mol. The third-order valence-corrected chi connectivity index (χ3v) is 3.51. The number of nitrogens with one attached hydrogen (secondary N) is 1. The van der Waals surface area contributed by atoms with Gasteiger partial charge in [0.05, 0.1) is 0 Å². The fraction of sp³-hybridized carbons (Fsp3) is 0.562. The third kappa shape index (κ3) is 8.06. The molecule has 1 unspecified atom stereocenters. The molecule has 19 heavy (non-hydrogen) atoms. The molecule has 2 nitrogen and oxygen atoms in total. The lowest BCUT2D eigenvalue weighted by Gasteiger charge is -2.10. The first-order chi connectivity index (χ1) is 8.92. The molecule has 1 atom stereocenters. The number of rotatable bonds is 8. The summed E-state index contributed by atoms with van der Waals surface area (Å²) in [6.07, 6.45) is 6.57. The third-order valence-electron chi connectivity index (χ3n) is 3.36. The van der Waals surface area contributed by atoms with Gasteiger partial charge in [-0.3, -0.25) is 0 Å². The Balaban J connectivity index is 4.52. The van der Waals surface area contributed by atoms with Gasteiger partial charge in [0.25, 0.3) is 0 Å². The van der Waals surface area contributed by atoms with Crippen molar-refractivity contribution in [2.24, 2.45) is 5.92 Å². The van der Waals surface area contributed by atoms with Crippen molar-refractivity contribution in [3.8, 4) is 0 Å². The summed E-state index contributed by atoms with van der Waals surface area (Å²) in [5, 5.41) is 18.7. The summed E-state index contributed by atoms with van der Waals surface area (Å²) in [4.78, 5) is 0. The number of hydrogen-bond acceptors (Lipinski definition) is 3. The van der Waals surface area contributed by atoms with Crippen molar-refractivity contribution in [1.29, 1.82) is 5.41 Å². The van der Waals surface area contributed by atoms with Gasteiger partial charge in [0.15, 0.2) is 0 Å². The lowest BCUT2D eigenvalue weighted by atomic mass is 9.96. The van der Waals surface area contributed by atoms with Crippen LogP contribution in [0.1, 0.15) is 47.0 Å². The first-order valence-corrected chi connectivity index (χ1v) is 7.29. The van der Waals surface area contributed by atoms with Gasteiger partial charge >= 0.3 is 0 Å². The van der Waals surface area contributed by atoms with Crippen molar-refractivity contribution in [3.63, 3.8) is 0 Å². The SMILES string of the molecule is C\C(=C/C(C)=C(C)/C=C\S)C(=N)CCC(C)CCO. The molecule has 3 heteroatoms. The molecule has 0 aliphatic carbocycles. The van der Waals surface area contributed by atoms with E-state index in [2.05, 4.69) is 25.6 Å². The molecule has 0 bridgehead atoms. The zero-order chi connectivity index (χ0) is 14.8. The monoisotopic (exact) mass is 281 g/mol. The van der Waals surface area contributed by atoms with Gasteiger partial charge in [-0.2, -0.15) is 12.6 Å². The molecule has 0 fully saturated rings. The Hall–Kier alpha value is -0.800. The Labute approximate surface area is 123 Å². The largest absolute Gasteiger partial charge is 0.396 e. The van der Waals surface area contributed by atoms with Gasteiger partial charge in [-0.1, -0.05) is 19.1 Å². The van der Waals surface area contributed by atoms with Crippen LogP contribution in [0.2, 0.25) is 0 Å². The molecule has 0 saturated carbocycles. The van der Waals surface area contributed by atoms with Crippen LogP contribution in [0.5, 0.6) is 0 Å². The standard InChI is InChI=1S/C16H27NOS/c1-12(7-9-18)5-6-16(17)15(4)11-14(3)13(2)8-10-19/h8,10-12,17-19H,5-7,9H2,1-4H3/b10-8-,14-13+,15-11+,17-16?. The maximum atomic E-state index is 8.86. The van der Waals surface area contributed by atoms with E-state index in [1.165, 1.54) is 0 Å². The van der Waals surface area contributed by atoms with Crippen LogP contribution in [0.15, 0.2) is 34.3 Å². The van der Waals surface area contributed by atoms with Crippen LogP contribution in [0, 0.1) is 11.3 Å². The minimum atomic E-state index is 0.237. The van der Waals surface area contributed by atoms with Crippen molar-refractivity contribution in [1.82, 2.24) is 0 Å². The second-order valence-electron chi connectivity index (χ2n) is 5.14. The van der Waals surface area contributed by atoms with Crippen molar-refractivity contribution in [2.45, 2.75) is 47.0 Å². The summed E-state index contributed by atoms with van der Waals surface area (Å²) in [6.45, 7) is 8.43. The Kier molecular flexibility index (Phi) is 9.62. The molecular formula is C16H27NOS. The molecule has 0 aromatic heterocycles. The predicted octanol–water partition coefficient (Wildman–Crippen LogP) is 4.53. The quantitative estimate of drug-likeness (QED) is 0.341. The molecule has 108 valence electrons. The summed E-state index contributed by atoms with van der Waals surface area (Å²) in [5.41, 5.74) is 4.03. The van der Waals surface area contributed by atoms with Crippen molar-refractivity contribution < 1.29 is 5.11 Å². The Morgan fingerprint density at radius 2 is 1.84 bits per heavy atom. The first kappa shape index (κ1) is 18.2. The smallest absolute Gasteiger partial charge is 0.0433 e. The average molecular weight is 281 g/mol. The van der Waals surface area contributed by atoms with Gasteiger partial charge < -0.3 is 10.5 Å². The molecule has 0 radical (unpaired) electrons. The molecule has 0 saturated heterocycles. The van der Waals surface area contributed by atoms with Gasteiger partial charge in [0, 0.05) is 12.3 Å². The Morgan fingerprint density at radius 1 is 1.21 bits per heavy atom. The van der Waals surface area contributed by atoms with Gasteiger partial charge in [-0.15, -0.1) is 0 Å². The van der Waals surface area contributed by atoms with Gasteiger partial charge in [-0.05, 0) is 68.1 Å². The molecule has 0 spiro atoms. The van der Waals surface area contributed by atoms with E-state index in [0.717, 1.165) is 36.0 Å². The van der Waals surface area contributed by atoms with E-state index in [4.69, 9.17) is 10.5 Å². The van der Waals surface area contributed by atoms with E-state index in [9.17, 15) is 0 Å². The van der Waals surface area contributed by atoms with E-state index in [1.807, 2.05) is 26.8 Å². The number of thiol groups is 1. The Bertz CT molecular complexity index is 380. The van der Waals surface area contributed by atoms with Crippen LogP contribution in [0.3, 0.4) is 0 Å². The normalized spacial score (nSPS) is 15.6. The van der Waals surface area contributed by atoms with E-state index in [1.54, 1.807) is 5.41 Å². The van der Waals surface area contributed by atoms with E-state index >= 15 is 0 Å². The molecule has 0 aromatic rings. The summed E-state index contributed by atoms with van der Waals surface area (Å²) in [5.74, 6) is 0.476. The highest BCUT2D eigenvalue weighted by Gasteiger charge is 2.05. The van der Waals surface area contributed by atoms with Crippen molar-refractivity contribution in [3.05, 3.63) is 34.3 Å². The second-order valence-corrected chi connectivity index (χ2v) is 5.44. The number of hydrogen-bond donors (Lipinski definition) is 3. The van der Waals surface area contributed by atoms with Crippen LogP contribution in [0.25, 0.3) is 0 Å².